The summed E-state index contributed by atoms with van der Waals surface area (Å²) in [7, 11) is 2.47. The summed E-state index contributed by atoms with van der Waals surface area (Å²) in [6.45, 7) is 0. The number of fused-ring (bicyclic) bond motifs is 1. The minimum Gasteiger partial charge on any atom is -0.464 e. The van der Waals surface area contributed by atoms with Crippen molar-refractivity contribution in [2.45, 2.75) is 25.2 Å². The minimum absolute atomic E-state index is 0.0886. The normalized spacial score (nSPS) is 27.8. The van der Waals surface area contributed by atoms with Gasteiger partial charge in [-0.05, 0) is 24.7 Å². The molecule has 1 aromatic rings. The first kappa shape index (κ1) is 12.2. The number of methoxy groups -OCH3 is 2. The molecule has 19 heavy (non-hydrogen) atoms. The van der Waals surface area contributed by atoms with Crippen molar-refractivity contribution in [3.8, 4) is 0 Å². The van der Waals surface area contributed by atoms with E-state index >= 15 is 0 Å². The Bertz CT molecular complexity index is 492. The summed E-state index contributed by atoms with van der Waals surface area (Å²) in [6.07, 6.45) is 3.57. The van der Waals surface area contributed by atoms with Crippen molar-refractivity contribution in [2.75, 3.05) is 14.2 Å². The second-order valence-electron chi connectivity index (χ2n) is 5.00. The first-order valence-electron chi connectivity index (χ1n) is 6.34. The Balaban J connectivity index is 1.92. The van der Waals surface area contributed by atoms with Gasteiger partial charge in [0.25, 0.3) is 0 Å². The zero-order valence-corrected chi connectivity index (χ0v) is 10.8. The highest BCUT2D eigenvalue weighted by atomic mass is 16.5. The van der Waals surface area contributed by atoms with E-state index in [-0.39, 0.29) is 17.4 Å². The molecule has 3 rings (SSSR count). The molecular formula is C13H15NO5. The second-order valence-corrected chi connectivity index (χ2v) is 5.00. The predicted octanol–water partition coefficient (Wildman–Crippen LogP) is 1.76. The molecule has 0 aromatic carbocycles. The van der Waals surface area contributed by atoms with Gasteiger partial charge in [0.2, 0.25) is 11.5 Å². The lowest BCUT2D eigenvalue weighted by Crippen LogP contribution is -2.10. The Labute approximate surface area is 110 Å². The SMILES string of the molecule is COC(=O)c1nc(C2C3CCCC32)oc1C(=O)OC. The summed E-state index contributed by atoms with van der Waals surface area (Å²) < 4.78 is 14.7. The Morgan fingerprint density at radius 3 is 2.37 bits per heavy atom. The minimum atomic E-state index is -0.704. The Morgan fingerprint density at radius 2 is 1.79 bits per heavy atom. The van der Waals surface area contributed by atoms with Crippen molar-refractivity contribution in [2.24, 2.45) is 11.8 Å². The molecule has 0 bridgehead atoms. The predicted molar refractivity (Wildman–Crippen MR) is 62.8 cm³/mol. The van der Waals surface area contributed by atoms with E-state index in [0.29, 0.717) is 17.7 Å². The number of oxazole rings is 1. The summed E-state index contributed by atoms with van der Waals surface area (Å²) in [4.78, 5) is 27.4. The van der Waals surface area contributed by atoms with E-state index in [4.69, 9.17) is 4.42 Å². The second kappa shape index (κ2) is 4.36. The molecule has 0 saturated heterocycles. The van der Waals surface area contributed by atoms with Crippen LogP contribution in [0.4, 0.5) is 0 Å². The molecule has 0 radical (unpaired) electrons. The van der Waals surface area contributed by atoms with Gasteiger partial charge in [-0.1, -0.05) is 6.42 Å². The van der Waals surface area contributed by atoms with Gasteiger partial charge in [-0.25, -0.2) is 14.6 Å². The van der Waals surface area contributed by atoms with Crippen LogP contribution in [-0.4, -0.2) is 31.1 Å². The topological polar surface area (TPSA) is 78.6 Å². The van der Waals surface area contributed by atoms with E-state index in [1.54, 1.807) is 0 Å². The maximum absolute atomic E-state index is 11.6. The molecular weight excluding hydrogens is 250 g/mol. The van der Waals surface area contributed by atoms with Gasteiger partial charge in [0.05, 0.1) is 14.2 Å². The van der Waals surface area contributed by atoms with Crippen LogP contribution in [0.25, 0.3) is 0 Å². The summed E-state index contributed by atoms with van der Waals surface area (Å²) in [5.74, 6) is 0.357. The number of carbonyl (C=O) groups excluding carboxylic acids is 2. The third kappa shape index (κ3) is 1.82. The zero-order chi connectivity index (χ0) is 13.6. The lowest BCUT2D eigenvalue weighted by atomic mass is 10.1. The third-order valence-corrected chi connectivity index (χ3v) is 4.08. The highest BCUT2D eigenvalue weighted by Gasteiger charge is 2.56. The van der Waals surface area contributed by atoms with Crippen molar-refractivity contribution >= 4 is 11.9 Å². The Kier molecular flexibility index (Phi) is 2.80. The van der Waals surface area contributed by atoms with E-state index in [9.17, 15) is 9.59 Å². The molecule has 0 spiro atoms. The van der Waals surface area contributed by atoms with Gasteiger partial charge < -0.3 is 13.9 Å². The van der Waals surface area contributed by atoms with Gasteiger partial charge in [0.1, 0.15) is 0 Å². The molecule has 102 valence electrons. The van der Waals surface area contributed by atoms with Crippen LogP contribution < -0.4 is 0 Å². The van der Waals surface area contributed by atoms with Crippen LogP contribution >= 0.6 is 0 Å². The van der Waals surface area contributed by atoms with Gasteiger partial charge in [-0.2, -0.15) is 0 Å². The lowest BCUT2D eigenvalue weighted by Gasteiger charge is -1.97. The fraction of sp³-hybridized carbons (Fsp3) is 0.615. The summed E-state index contributed by atoms with van der Waals surface area (Å²) >= 11 is 0. The Morgan fingerprint density at radius 1 is 1.16 bits per heavy atom. The number of esters is 2. The molecule has 6 nitrogen and oxygen atoms in total. The highest BCUT2D eigenvalue weighted by Crippen LogP contribution is 2.62. The maximum Gasteiger partial charge on any atom is 0.376 e. The van der Waals surface area contributed by atoms with E-state index < -0.39 is 11.9 Å². The molecule has 2 atom stereocenters. The number of carbonyl (C=O) groups is 2. The van der Waals surface area contributed by atoms with Crippen molar-refractivity contribution in [3.63, 3.8) is 0 Å². The van der Waals surface area contributed by atoms with E-state index in [0.717, 1.165) is 0 Å². The summed E-state index contributed by atoms with van der Waals surface area (Å²) in [5.41, 5.74) is -0.0886. The number of rotatable bonds is 3. The van der Waals surface area contributed by atoms with Crippen molar-refractivity contribution in [1.29, 1.82) is 0 Å². The molecule has 0 N–H and O–H groups in total. The van der Waals surface area contributed by atoms with Crippen LogP contribution in [0.5, 0.6) is 0 Å². The molecule has 0 aliphatic heterocycles. The molecule has 2 aliphatic rings. The lowest BCUT2D eigenvalue weighted by molar-refractivity contribution is 0.0525. The first-order chi connectivity index (χ1) is 9.17. The van der Waals surface area contributed by atoms with Gasteiger partial charge in [-0.3, -0.25) is 0 Å². The van der Waals surface area contributed by atoms with Crippen LogP contribution in [0.1, 0.15) is 52.1 Å². The molecule has 1 heterocycles. The van der Waals surface area contributed by atoms with Gasteiger partial charge >= 0.3 is 11.9 Å². The molecule has 6 heteroatoms. The maximum atomic E-state index is 11.6. The number of nitrogens with zero attached hydrogens (tertiary/aromatic N) is 1. The molecule has 2 fully saturated rings. The number of hydrogen-bond donors (Lipinski definition) is 0. The van der Waals surface area contributed by atoms with Crippen LogP contribution in [-0.2, 0) is 9.47 Å². The standard InChI is InChI=1S/C13H15NO5/c1-17-12(15)9-10(13(16)18-2)19-11(14-9)8-6-4-3-5-7(6)8/h6-8H,3-5H2,1-2H3. The summed E-state index contributed by atoms with van der Waals surface area (Å²) in [6, 6.07) is 0. The van der Waals surface area contributed by atoms with Crippen LogP contribution in [0.3, 0.4) is 0 Å². The van der Waals surface area contributed by atoms with Crippen molar-refractivity contribution in [3.05, 3.63) is 17.3 Å². The Hall–Kier alpha value is -1.85. The van der Waals surface area contributed by atoms with Crippen LogP contribution in [0.2, 0.25) is 0 Å². The number of hydrogen-bond acceptors (Lipinski definition) is 6. The molecule has 2 unspecified atom stereocenters. The van der Waals surface area contributed by atoms with Gasteiger partial charge in [0.15, 0.2) is 5.89 Å². The average Bonchev–Trinajstić information content (AvgIpc) is 2.86. The highest BCUT2D eigenvalue weighted by molar-refractivity contribution is 5.99. The number of ether oxygens (including phenoxy) is 2. The van der Waals surface area contributed by atoms with Crippen LogP contribution in [0.15, 0.2) is 4.42 Å². The molecule has 0 amide bonds. The fourth-order valence-electron chi connectivity index (χ4n) is 3.13. The first-order valence-corrected chi connectivity index (χ1v) is 6.34. The molecule has 2 aliphatic carbocycles. The largest absolute Gasteiger partial charge is 0.464 e. The quantitative estimate of drug-likeness (QED) is 0.775. The third-order valence-electron chi connectivity index (χ3n) is 4.08. The van der Waals surface area contributed by atoms with Crippen LogP contribution in [0, 0.1) is 11.8 Å². The van der Waals surface area contributed by atoms with E-state index in [1.807, 2.05) is 0 Å². The zero-order valence-electron chi connectivity index (χ0n) is 10.8. The summed E-state index contributed by atoms with van der Waals surface area (Å²) in [5, 5.41) is 0. The van der Waals surface area contributed by atoms with Crippen molar-refractivity contribution in [1.82, 2.24) is 4.98 Å². The van der Waals surface area contributed by atoms with Gasteiger partial charge in [0, 0.05) is 5.92 Å². The smallest absolute Gasteiger partial charge is 0.376 e. The van der Waals surface area contributed by atoms with E-state index in [2.05, 4.69) is 14.5 Å². The fourth-order valence-corrected chi connectivity index (χ4v) is 3.13. The van der Waals surface area contributed by atoms with Gasteiger partial charge in [-0.15, -0.1) is 0 Å². The number of aromatic nitrogens is 1. The molecule has 2 saturated carbocycles. The van der Waals surface area contributed by atoms with Crippen molar-refractivity contribution < 1.29 is 23.5 Å². The molecule has 1 aromatic heterocycles. The monoisotopic (exact) mass is 265 g/mol. The average molecular weight is 265 g/mol. The van der Waals surface area contributed by atoms with E-state index in [1.165, 1.54) is 33.5 Å².